The second kappa shape index (κ2) is 8.28. The molecule has 0 aliphatic carbocycles. The molecule has 7 nitrogen and oxygen atoms in total. The third-order valence-electron chi connectivity index (χ3n) is 4.73. The summed E-state index contributed by atoms with van der Waals surface area (Å²) < 4.78 is 25.8. The van der Waals surface area contributed by atoms with E-state index in [1.807, 2.05) is 18.2 Å². The number of fused-ring (bicyclic) bond motifs is 1. The van der Waals surface area contributed by atoms with Gasteiger partial charge in [-0.2, -0.15) is 5.10 Å². The number of amides is 1. The van der Waals surface area contributed by atoms with E-state index in [4.69, 9.17) is 9.47 Å². The Labute approximate surface area is 172 Å². The van der Waals surface area contributed by atoms with Crippen molar-refractivity contribution in [3.8, 4) is 22.9 Å². The van der Waals surface area contributed by atoms with Crippen LogP contribution in [0.2, 0.25) is 0 Å². The van der Waals surface area contributed by atoms with Gasteiger partial charge in [-0.25, -0.2) is 4.39 Å². The number of carbonyl (C=O) groups excluding carboxylic acids is 1. The van der Waals surface area contributed by atoms with Gasteiger partial charge in [0.25, 0.3) is 5.91 Å². The molecule has 4 rings (SSSR count). The van der Waals surface area contributed by atoms with Crippen molar-refractivity contribution < 1.29 is 18.7 Å². The van der Waals surface area contributed by atoms with Crippen molar-refractivity contribution in [3.05, 3.63) is 60.4 Å². The van der Waals surface area contributed by atoms with Crippen LogP contribution in [0.1, 0.15) is 6.92 Å². The van der Waals surface area contributed by atoms with Gasteiger partial charge in [-0.3, -0.25) is 9.89 Å². The maximum atomic E-state index is 12.9. The minimum absolute atomic E-state index is 0.206. The lowest BCUT2D eigenvalue weighted by atomic mass is 10.2. The number of aryl methyl sites for hydroxylation is 1. The van der Waals surface area contributed by atoms with Crippen molar-refractivity contribution in [2.45, 2.75) is 13.5 Å². The summed E-state index contributed by atoms with van der Waals surface area (Å²) in [6.45, 7) is 2.62. The van der Waals surface area contributed by atoms with Gasteiger partial charge in [-0.1, -0.05) is 0 Å². The number of carbonyl (C=O) groups is 1. The van der Waals surface area contributed by atoms with Gasteiger partial charge < -0.3 is 19.4 Å². The predicted molar refractivity (Wildman–Crippen MR) is 112 cm³/mol. The van der Waals surface area contributed by atoms with Crippen LogP contribution < -0.4 is 14.8 Å². The normalized spacial score (nSPS) is 10.9. The highest BCUT2D eigenvalue weighted by molar-refractivity contribution is 5.92. The number of ether oxygens (including phenoxy) is 2. The van der Waals surface area contributed by atoms with E-state index in [0.717, 1.165) is 34.6 Å². The van der Waals surface area contributed by atoms with Crippen LogP contribution >= 0.6 is 0 Å². The third-order valence-corrected chi connectivity index (χ3v) is 4.73. The van der Waals surface area contributed by atoms with Gasteiger partial charge in [-0.05, 0) is 49.4 Å². The van der Waals surface area contributed by atoms with Gasteiger partial charge in [0, 0.05) is 24.1 Å². The lowest BCUT2D eigenvalue weighted by molar-refractivity contribution is -0.118. The Balaban J connectivity index is 1.48. The van der Waals surface area contributed by atoms with Gasteiger partial charge >= 0.3 is 0 Å². The van der Waals surface area contributed by atoms with E-state index in [1.165, 1.54) is 24.3 Å². The minimum atomic E-state index is -0.363. The summed E-state index contributed by atoms with van der Waals surface area (Å²) in [6, 6.07) is 15.2. The topological polar surface area (TPSA) is 81.2 Å². The number of aromatic nitrogens is 3. The highest BCUT2D eigenvalue weighted by Gasteiger charge is 2.14. The van der Waals surface area contributed by atoms with E-state index >= 15 is 0 Å². The second-order valence-electron chi connectivity index (χ2n) is 6.66. The molecule has 2 aromatic heterocycles. The second-order valence-corrected chi connectivity index (χ2v) is 6.66. The Morgan fingerprint density at radius 1 is 1.13 bits per heavy atom. The zero-order valence-corrected chi connectivity index (χ0v) is 16.6. The molecule has 0 unspecified atom stereocenters. The highest BCUT2D eigenvalue weighted by Crippen LogP contribution is 2.30. The quantitative estimate of drug-likeness (QED) is 0.480. The largest absolute Gasteiger partial charge is 0.497 e. The van der Waals surface area contributed by atoms with Gasteiger partial charge in [0.05, 0.1) is 24.0 Å². The molecular formula is C22H21FN4O3. The first kappa shape index (κ1) is 19.5. The maximum absolute atomic E-state index is 12.9. The van der Waals surface area contributed by atoms with Crippen molar-refractivity contribution >= 4 is 22.6 Å². The lowest BCUT2D eigenvalue weighted by Crippen LogP contribution is -2.20. The fourth-order valence-electron chi connectivity index (χ4n) is 3.30. The molecule has 0 bridgehead atoms. The Hall–Kier alpha value is -3.81. The van der Waals surface area contributed by atoms with Crippen LogP contribution in [0.15, 0.2) is 54.6 Å². The summed E-state index contributed by atoms with van der Waals surface area (Å²) in [5.74, 6) is 0.873. The Kier molecular flexibility index (Phi) is 5.38. The number of rotatable bonds is 7. The average molecular weight is 408 g/mol. The Morgan fingerprint density at radius 3 is 2.63 bits per heavy atom. The van der Waals surface area contributed by atoms with Crippen LogP contribution in [0.3, 0.4) is 0 Å². The van der Waals surface area contributed by atoms with E-state index in [2.05, 4.69) is 33.1 Å². The third kappa shape index (κ3) is 3.98. The Bertz CT molecular complexity index is 1180. The number of halogens is 1. The lowest BCUT2D eigenvalue weighted by Gasteiger charge is -2.07. The number of benzene rings is 2. The first-order chi connectivity index (χ1) is 14.6. The van der Waals surface area contributed by atoms with Gasteiger partial charge in [0.2, 0.25) is 0 Å². The molecule has 1 amide bonds. The van der Waals surface area contributed by atoms with Gasteiger partial charge in [0.1, 0.15) is 17.3 Å². The van der Waals surface area contributed by atoms with E-state index in [0.29, 0.717) is 11.6 Å². The molecule has 0 spiro atoms. The zero-order valence-electron chi connectivity index (χ0n) is 16.6. The molecule has 154 valence electrons. The number of hydrogen-bond donors (Lipinski definition) is 2. The van der Waals surface area contributed by atoms with E-state index in [9.17, 15) is 9.18 Å². The SMILES string of the molecule is CCn1c(-c2cc(NC(=O)COc3ccc(F)cc3)n[nH]2)cc2ccc(OC)cc21. The van der Waals surface area contributed by atoms with Crippen LogP contribution in [0, 0.1) is 5.82 Å². The van der Waals surface area contributed by atoms with Crippen LogP contribution in [-0.2, 0) is 11.3 Å². The minimum Gasteiger partial charge on any atom is -0.497 e. The molecular weight excluding hydrogens is 387 g/mol. The van der Waals surface area contributed by atoms with E-state index in [-0.39, 0.29) is 18.3 Å². The van der Waals surface area contributed by atoms with E-state index in [1.54, 1.807) is 13.2 Å². The van der Waals surface area contributed by atoms with Gasteiger partial charge in [-0.15, -0.1) is 0 Å². The molecule has 4 aromatic rings. The molecule has 0 saturated carbocycles. The molecule has 0 aliphatic heterocycles. The van der Waals surface area contributed by atoms with Crippen LogP contribution in [-0.4, -0.2) is 34.4 Å². The molecule has 2 aromatic carbocycles. The van der Waals surface area contributed by atoms with Crippen molar-refractivity contribution in [2.75, 3.05) is 19.0 Å². The standard InChI is InChI=1S/C22H21FN4O3/c1-3-27-19-11-17(29-2)7-4-14(19)10-20(27)18-12-21(26-25-18)24-22(28)13-30-16-8-5-15(23)6-9-16/h4-12H,3,13H2,1-2H3,(H2,24,25,26,28). The van der Waals surface area contributed by atoms with Crippen molar-refractivity contribution in [2.24, 2.45) is 0 Å². The van der Waals surface area contributed by atoms with Crippen molar-refractivity contribution in [3.63, 3.8) is 0 Å². The molecule has 8 heteroatoms. The van der Waals surface area contributed by atoms with Crippen molar-refractivity contribution in [1.29, 1.82) is 0 Å². The molecule has 0 fully saturated rings. The summed E-state index contributed by atoms with van der Waals surface area (Å²) in [5, 5.41) is 10.9. The summed E-state index contributed by atoms with van der Waals surface area (Å²) in [4.78, 5) is 12.1. The smallest absolute Gasteiger partial charge is 0.263 e. The molecule has 2 N–H and O–H groups in total. The summed E-state index contributed by atoms with van der Waals surface area (Å²) in [5.41, 5.74) is 2.79. The number of methoxy groups -OCH3 is 1. The molecule has 0 aliphatic rings. The molecule has 2 heterocycles. The monoisotopic (exact) mass is 408 g/mol. The molecule has 0 atom stereocenters. The Morgan fingerprint density at radius 2 is 1.90 bits per heavy atom. The maximum Gasteiger partial charge on any atom is 0.263 e. The highest BCUT2D eigenvalue weighted by atomic mass is 19.1. The fraction of sp³-hybridized carbons (Fsp3) is 0.182. The number of nitrogens with zero attached hydrogens (tertiary/aromatic N) is 2. The zero-order chi connectivity index (χ0) is 21.1. The number of hydrogen-bond acceptors (Lipinski definition) is 4. The molecule has 0 saturated heterocycles. The summed E-state index contributed by atoms with van der Waals surface area (Å²) in [6.07, 6.45) is 0. The summed E-state index contributed by atoms with van der Waals surface area (Å²) >= 11 is 0. The first-order valence-corrected chi connectivity index (χ1v) is 9.48. The number of anilines is 1. The molecule has 30 heavy (non-hydrogen) atoms. The number of nitrogens with one attached hydrogen (secondary N) is 2. The van der Waals surface area contributed by atoms with Crippen LogP contribution in [0.4, 0.5) is 10.2 Å². The van der Waals surface area contributed by atoms with E-state index < -0.39 is 0 Å². The van der Waals surface area contributed by atoms with Crippen LogP contribution in [0.25, 0.3) is 22.3 Å². The van der Waals surface area contributed by atoms with Crippen LogP contribution in [0.5, 0.6) is 11.5 Å². The van der Waals surface area contributed by atoms with Gasteiger partial charge in [0.15, 0.2) is 12.4 Å². The fourth-order valence-corrected chi connectivity index (χ4v) is 3.30. The molecule has 0 radical (unpaired) electrons. The number of aromatic amines is 1. The summed E-state index contributed by atoms with van der Waals surface area (Å²) in [7, 11) is 1.64. The average Bonchev–Trinajstić information content (AvgIpc) is 3.36. The predicted octanol–water partition coefficient (Wildman–Crippen LogP) is 4.22. The first-order valence-electron chi connectivity index (χ1n) is 9.48. The number of H-pyrrole nitrogens is 1. The van der Waals surface area contributed by atoms with Crippen molar-refractivity contribution in [1.82, 2.24) is 14.8 Å².